The van der Waals surface area contributed by atoms with E-state index >= 15 is 0 Å². The van der Waals surface area contributed by atoms with Crippen molar-refractivity contribution in [1.82, 2.24) is 0 Å². The molecule has 0 radical (unpaired) electrons. The number of rotatable bonds is 6. The maximum absolute atomic E-state index is 11.7. The summed E-state index contributed by atoms with van der Waals surface area (Å²) < 4.78 is 14.5. The number of carbonyl (C=O) groups is 2. The Morgan fingerprint density at radius 1 is 1.10 bits per heavy atom. The summed E-state index contributed by atoms with van der Waals surface area (Å²) in [7, 11) is 2.28. The van der Waals surface area contributed by atoms with Crippen LogP contribution in [0.2, 0.25) is 0 Å². The quantitative estimate of drug-likeness (QED) is 0.490. The molecule has 1 aromatic rings. The molecule has 0 aliphatic carbocycles. The van der Waals surface area contributed by atoms with Gasteiger partial charge >= 0.3 is 11.9 Å². The Labute approximate surface area is 122 Å². The van der Waals surface area contributed by atoms with Gasteiger partial charge in [0, 0.05) is 0 Å². The largest absolute Gasteiger partial charge is 0.509 e. The number of hydrogen-bond acceptors (Lipinski definition) is 6. The Morgan fingerprint density at radius 3 is 2.05 bits per heavy atom. The first kappa shape index (κ1) is 16.6. The molecule has 0 aromatic heterocycles. The van der Waals surface area contributed by atoms with Crippen molar-refractivity contribution in [1.29, 1.82) is 0 Å². The van der Waals surface area contributed by atoms with Crippen LogP contribution in [0.25, 0.3) is 0 Å². The van der Waals surface area contributed by atoms with Gasteiger partial charge in [-0.25, -0.2) is 0 Å². The summed E-state index contributed by atoms with van der Waals surface area (Å²) in [4.78, 5) is 23.4. The van der Waals surface area contributed by atoms with Gasteiger partial charge in [-0.15, -0.1) is 0 Å². The van der Waals surface area contributed by atoms with Crippen LogP contribution >= 0.6 is 0 Å². The smallest absolute Gasteiger partial charge is 0.328 e. The van der Waals surface area contributed by atoms with Gasteiger partial charge in [0.2, 0.25) is 5.92 Å². The molecular formula is C15H18O6. The predicted molar refractivity (Wildman–Crippen MR) is 74.1 cm³/mol. The SMILES string of the molecule is COC(=O)C(C(=O)OC)C(OCc1ccccc1)=C(C)O. The first-order chi connectivity index (χ1) is 10.0. The molecule has 1 aromatic carbocycles. The maximum atomic E-state index is 11.7. The lowest BCUT2D eigenvalue weighted by molar-refractivity contribution is -0.159. The van der Waals surface area contributed by atoms with Gasteiger partial charge in [0.15, 0.2) is 5.76 Å². The number of ether oxygens (including phenoxy) is 3. The summed E-state index contributed by atoms with van der Waals surface area (Å²) in [5, 5.41) is 9.69. The van der Waals surface area contributed by atoms with Crippen LogP contribution < -0.4 is 0 Å². The van der Waals surface area contributed by atoms with Gasteiger partial charge in [-0.1, -0.05) is 30.3 Å². The van der Waals surface area contributed by atoms with E-state index in [2.05, 4.69) is 9.47 Å². The number of aliphatic hydroxyl groups excluding tert-OH is 1. The second kappa shape index (κ2) is 7.94. The van der Waals surface area contributed by atoms with Crippen LogP contribution in [0.5, 0.6) is 0 Å². The highest BCUT2D eigenvalue weighted by Crippen LogP contribution is 2.21. The van der Waals surface area contributed by atoms with Crippen molar-refractivity contribution >= 4 is 11.9 Å². The molecule has 0 heterocycles. The van der Waals surface area contributed by atoms with Gasteiger partial charge in [-0.2, -0.15) is 0 Å². The third-order valence-electron chi connectivity index (χ3n) is 2.73. The molecule has 0 aliphatic rings. The number of esters is 2. The molecular weight excluding hydrogens is 276 g/mol. The average Bonchev–Trinajstić information content (AvgIpc) is 2.50. The van der Waals surface area contributed by atoms with Crippen LogP contribution in [-0.4, -0.2) is 31.3 Å². The molecule has 1 rings (SSSR count). The van der Waals surface area contributed by atoms with Gasteiger partial charge in [0.05, 0.1) is 14.2 Å². The molecule has 0 spiro atoms. The number of aliphatic hydroxyl groups is 1. The van der Waals surface area contributed by atoms with Crippen molar-refractivity contribution in [2.45, 2.75) is 13.5 Å². The van der Waals surface area contributed by atoms with Crippen molar-refractivity contribution < 1.29 is 28.9 Å². The van der Waals surface area contributed by atoms with Crippen molar-refractivity contribution in [2.75, 3.05) is 14.2 Å². The summed E-state index contributed by atoms with van der Waals surface area (Å²) in [6.45, 7) is 1.41. The topological polar surface area (TPSA) is 82.1 Å². The Morgan fingerprint density at radius 2 is 1.62 bits per heavy atom. The Kier molecular flexibility index (Phi) is 6.26. The summed E-state index contributed by atoms with van der Waals surface area (Å²) >= 11 is 0. The third kappa shape index (κ3) is 4.52. The standard InChI is InChI=1S/C15H18O6/c1-10(16)13(12(14(17)19-2)15(18)20-3)21-9-11-7-5-4-6-8-11/h4-8,12,16H,9H2,1-3H3. The van der Waals surface area contributed by atoms with Gasteiger partial charge < -0.3 is 19.3 Å². The van der Waals surface area contributed by atoms with Gasteiger partial charge in [0.25, 0.3) is 0 Å². The van der Waals surface area contributed by atoms with E-state index in [9.17, 15) is 14.7 Å². The lowest BCUT2D eigenvalue weighted by atomic mass is 10.1. The fraction of sp³-hybridized carbons (Fsp3) is 0.333. The minimum Gasteiger partial charge on any atom is -0.509 e. The molecule has 1 N–H and O–H groups in total. The van der Waals surface area contributed by atoms with E-state index in [0.717, 1.165) is 19.8 Å². The van der Waals surface area contributed by atoms with Crippen molar-refractivity contribution in [2.24, 2.45) is 5.92 Å². The molecule has 0 fully saturated rings. The summed E-state index contributed by atoms with van der Waals surface area (Å²) in [5.74, 6) is -3.64. The lowest BCUT2D eigenvalue weighted by Gasteiger charge is -2.18. The van der Waals surface area contributed by atoms with Crippen LogP contribution in [0.15, 0.2) is 41.9 Å². The molecule has 0 saturated carbocycles. The molecule has 0 unspecified atom stereocenters. The zero-order valence-corrected chi connectivity index (χ0v) is 12.2. The molecule has 114 valence electrons. The number of methoxy groups -OCH3 is 2. The fourth-order valence-electron chi connectivity index (χ4n) is 1.68. The Hall–Kier alpha value is -2.50. The molecule has 0 aliphatic heterocycles. The van der Waals surface area contributed by atoms with Crippen LogP contribution in [0.4, 0.5) is 0 Å². The van der Waals surface area contributed by atoms with E-state index in [1.54, 1.807) is 0 Å². The molecule has 6 nitrogen and oxygen atoms in total. The van der Waals surface area contributed by atoms with Crippen molar-refractivity contribution in [3.8, 4) is 0 Å². The Bertz CT molecular complexity index is 500. The van der Waals surface area contributed by atoms with Crippen LogP contribution in [0, 0.1) is 5.92 Å². The van der Waals surface area contributed by atoms with Crippen LogP contribution in [0.1, 0.15) is 12.5 Å². The second-order valence-corrected chi connectivity index (χ2v) is 4.20. The summed E-state index contributed by atoms with van der Waals surface area (Å²) in [6.07, 6.45) is 0. The molecule has 0 saturated heterocycles. The highest BCUT2D eigenvalue weighted by molar-refractivity contribution is 5.97. The number of benzene rings is 1. The fourth-order valence-corrected chi connectivity index (χ4v) is 1.68. The zero-order chi connectivity index (χ0) is 15.8. The molecule has 0 bridgehead atoms. The van der Waals surface area contributed by atoms with Gasteiger partial charge in [-0.3, -0.25) is 9.59 Å². The Balaban J connectivity index is 2.96. The van der Waals surface area contributed by atoms with Crippen molar-refractivity contribution in [3.63, 3.8) is 0 Å². The van der Waals surface area contributed by atoms with Crippen LogP contribution in [-0.2, 0) is 30.4 Å². The van der Waals surface area contributed by atoms with E-state index in [1.807, 2.05) is 30.3 Å². The highest BCUT2D eigenvalue weighted by Gasteiger charge is 2.36. The third-order valence-corrected chi connectivity index (χ3v) is 2.73. The minimum atomic E-state index is -1.45. The predicted octanol–water partition coefficient (Wildman–Crippen LogP) is 1.95. The van der Waals surface area contributed by atoms with E-state index in [-0.39, 0.29) is 18.1 Å². The van der Waals surface area contributed by atoms with E-state index < -0.39 is 17.9 Å². The average molecular weight is 294 g/mol. The first-order valence-electron chi connectivity index (χ1n) is 6.23. The van der Waals surface area contributed by atoms with Gasteiger partial charge in [0.1, 0.15) is 12.4 Å². The summed E-state index contributed by atoms with van der Waals surface area (Å²) in [5.41, 5.74) is 0.824. The van der Waals surface area contributed by atoms with Crippen LogP contribution in [0.3, 0.4) is 0 Å². The summed E-state index contributed by atoms with van der Waals surface area (Å²) in [6, 6.07) is 9.13. The normalized spacial score (nSPS) is 11.6. The number of allylic oxidation sites excluding steroid dienone is 1. The lowest BCUT2D eigenvalue weighted by Crippen LogP contribution is -2.30. The number of hydrogen-bond donors (Lipinski definition) is 1. The minimum absolute atomic E-state index is 0.0958. The van der Waals surface area contributed by atoms with Gasteiger partial charge in [-0.05, 0) is 12.5 Å². The zero-order valence-electron chi connectivity index (χ0n) is 12.2. The van der Waals surface area contributed by atoms with E-state index in [1.165, 1.54) is 6.92 Å². The molecule has 6 heteroatoms. The molecule has 0 amide bonds. The van der Waals surface area contributed by atoms with E-state index in [0.29, 0.717) is 0 Å². The van der Waals surface area contributed by atoms with E-state index in [4.69, 9.17) is 4.74 Å². The monoisotopic (exact) mass is 294 g/mol. The molecule has 21 heavy (non-hydrogen) atoms. The first-order valence-corrected chi connectivity index (χ1v) is 6.23. The maximum Gasteiger partial charge on any atom is 0.328 e. The molecule has 0 atom stereocenters. The second-order valence-electron chi connectivity index (χ2n) is 4.20. The highest BCUT2D eigenvalue weighted by atomic mass is 16.6. The number of carbonyl (C=O) groups excluding carboxylic acids is 2. The van der Waals surface area contributed by atoms with Crippen molar-refractivity contribution in [3.05, 3.63) is 47.4 Å².